The molecule has 0 radical (unpaired) electrons. The van der Waals surface area contributed by atoms with E-state index in [0.717, 1.165) is 19.3 Å². The SMILES string of the molecule is C=C(CC[C@@H](C)[C@@H]1CC[C@@H]2C3=C(C(=O)[C@H](O)[C@@]21C)[C@@]1(C)CC[C@@H](O)[C@@H](C)[C@H]1CC3=O)[C@@H](C)C(=O)O. The van der Waals surface area contributed by atoms with E-state index < -0.39 is 34.9 Å². The molecule has 0 aromatic heterocycles. The first-order valence-corrected chi connectivity index (χ1v) is 13.3. The van der Waals surface area contributed by atoms with Gasteiger partial charge in [-0.2, -0.15) is 0 Å². The van der Waals surface area contributed by atoms with E-state index in [-0.39, 0.29) is 41.2 Å². The Morgan fingerprint density at radius 3 is 2.43 bits per heavy atom. The van der Waals surface area contributed by atoms with Crippen LogP contribution in [0.25, 0.3) is 0 Å². The maximum atomic E-state index is 13.9. The number of aliphatic hydroxyl groups excluding tert-OH is 2. The minimum Gasteiger partial charge on any atom is -0.481 e. The molecule has 0 spiro atoms. The van der Waals surface area contributed by atoms with Gasteiger partial charge in [-0.15, -0.1) is 0 Å². The van der Waals surface area contributed by atoms with Crippen molar-refractivity contribution in [2.45, 2.75) is 91.8 Å². The Morgan fingerprint density at radius 2 is 1.80 bits per heavy atom. The third kappa shape index (κ3) is 3.78. The minimum atomic E-state index is -1.16. The Bertz CT molecular complexity index is 980. The summed E-state index contributed by atoms with van der Waals surface area (Å²) >= 11 is 0. The van der Waals surface area contributed by atoms with Crippen LogP contribution in [-0.2, 0) is 14.4 Å². The number of fused-ring (bicyclic) bond motifs is 4. The number of carboxylic acids is 1. The van der Waals surface area contributed by atoms with Gasteiger partial charge in [-0.3, -0.25) is 14.4 Å². The quantitative estimate of drug-likeness (QED) is 0.482. The lowest BCUT2D eigenvalue weighted by atomic mass is 9.47. The topological polar surface area (TPSA) is 112 Å². The van der Waals surface area contributed by atoms with E-state index >= 15 is 0 Å². The van der Waals surface area contributed by atoms with E-state index in [1.165, 1.54) is 0 Å². The molecule has 4 aliphatic rings. The normalized spacial score (nSPS) is 42.7. The zero-order chi connectivity index (χ0) is 26.0. The van der Waals surface area contributed by atoms with Gasteiger partial charge >= 0.3 is 5.97 Å². The van der Waals surface area contributed by atoms with Gasteiger partial charge in [0, 0.05) is 28.4 Å². The predicted octanol–water partition coefficient (Wildman–Crippen LogP) is 4.34. The maximum absolute atomic E-state index is 13.9. The predicted molar refractivity (Wildman–Crippen MR) is 132 cm³/mol. The maximum Gasteiger partial charge on any atom is 0.310 e. The molecule has 4 rings (SSSR count). The molecule has 0 aromatic rings. The summed E-state index contributed by atoms with van der Waals surface area (Å²) in [5, 5.41) is 31.3. The second kappa shape index (κ2) is 8.95. The number of carbonyl (C=O) groups is 3. The van der Waals surface area contributed by atoms with E-state index in [2.05, 4.69) is 20.4 Å². The van der Waals surface area contributed by atoms with Crippen molar-refractivity contribution in [1.82, 2.24) is 0 Å². The van der Waals surface area contributed by atoms with Crippen molar-refractivity contribution in [1.29, 1.82) is 0 Å². The van der Waals surface area contributed by atoms with Crippen molar-refractivity contribution >= 4 is 17.5 Å². The zero-order valence-electron chi connectivity index (χ0n) is 21.8. The van der Waals surface area contributed by atoms with E-state index in [0.29, 0.717) is 42.4 Å². The number of hydrogen-bond acceptors (Lipinski definition) is 5. The van der Waals surface area contributed by atoms with Gasteiger partial charge in [-0.1, -0.05) is 39.8 Å². The minimum absolute atomic E-state index is 0.0249. The second-order valence-electron chi connectivity index (χ2n) is 12.5. The largest absolute Gasteiger partial charge is 0.481 e. The average molecular weight is 487 g/mol. The third-order valence-corrected chi connectivity index (χ3v) is 10.9. The van der Waals surface area contributed by atoms with Gasteiger partial charge in [0.2, 0.25) is 0 Å². The van der Waals surface area contributed by atoms with Crippen molar-refractivity contribution in [3.63, 3.8) is 0 Å². The van der Waals surface area contributed by atoms with Crippen molar-refractivity contribution in [2.24, 2.45) is 46.3 Å². The van der Waals surface area contributed by atoms with Gasteiger partial charge in [0.25, 0.3) is 0 Å². The molecule has 0 heterocycles. The van der Waals surface area contributed by atoms with Crippen LogP contribution in [0.3, 0.4) is 0 Å². The van der Waals surface area contributed by atoms with Crippen LogP contribution < -0.4 is 0 Å². The summed E-state index contributed by atoms with van der Waals surface area (Å²) in [7, 11) is 0. The van der Waals surface area contributed by atoms with Crippen LogP contribution in [0.15, 0.2) is 23.3 Å². The summed E-state index contributed by atoms with van der Waals surface area (Å²) in [4.78, 5) is 38.8. The standard InChI is InChI=1S/C29H42O6/c1-14(16(3)27(34)35)7-8-15(2)18-9-10-19-23-22(31)13-20-17(4)21(30)11-12-28(20,5)24(23)25(32)26(33)29(18,19)6/h15-21,26,30,33H,1,7-13H2,2-6H3,(H,34,35)/t15-,16-,17+,18+,19-,20-,21-,26+,28+,29-/m1/s1. The van der Waals surface area contributed by atoms with Gasteiger partial charge in [0.05, 0.1) is 12.0 Å². The van der Waals surface area contributed by atoms with Crippen LogP contribution in [0.4, 0.5) is 0 Å². The van der Waals surface area contributed by atoms with Crippen LogP contribution in [0.5, 0.6) is 0 Å². The molecule has 35 heavy (non-hydrogen) atoms. The highest BCUT2D eigenvalue weighted by atomic mass is 16.4. The first kappa shape index (κ1) is 26.3. The van der Waals surface area contributed by atoms with Gasteiger partial charge in [0.1, 0.15) is 6.10 Å². The number of carbonyl (C=O) groups excluding carboxylic acids is 2. The summed E-state index contributed by atoms with van der Waals surface area (Å²) in [6.07, 6.45) is 2.90. The molecule has 6 heteroatoms. The molecule has 0 aliphatic heterocycles. The number of rotatable bonds is 6. The molecule has 2 saturated carbocycles. The fraction of sp³-hybridized carbons (Fsp3) is 0.759. The number of carboxylic acid groups (broad SMARTS) is 1. The lowest BCUT2D eigenvalue weighted by molar-refractivity contribution is -0.145. The van der Waals surface area contributed by atoms with Gasteiger partial charge in [0.15, 0.2) is 11.6 Å². The highest BCUT2D eigenvalue weighted by Gasteiger charge is 2.65. The summed E-state index contributed by atoms with van der Waals surface area (Å²) in [5.74, 6) is -1.84. The van der Waals surface area contributed by atoms with Crippen LogP contribution in [0, 0.1) is 46.3 Å². The molecule has 0 unspecified atom stereocenters. The van der Waals surface area contributed by atoms with Gasteiger partial charge in [-0.05, 0) is 75.0 Å². The molecule has 0 aromatic carbocycles. The van der Waals surface area contributed by atoms with E-state index in [1.54, 1.807) is 6.92 Å². The number of ketones is 2. The molecule has 4 aliphatic carbocycles. The fourth-order valence-corrected chi connectivity index (χ4v) is 8.40. The molecule has 2 fully saturated rings. The van der Waals surface area contributed by atoms with Crippen LogP contribution in [0.1, 0.15) is 79.6 Å². The third-order valence-electron chi connectivity index (χ3n) is 10.9. The van der Waals surface area contributed by atoms with Crippen LogP contribution in [-0.4, -0.2) is 45.1 Å². The number of aliphatic carboxylic acids is 1. The number of hydrogen-bond donors (Lipinski definition) is 3. The number of aliphatic hydroxyl groups is 2. The Hall–Kier alpha value is -1.79. The highest BCUT2D eigenvalue weighted by molar-refractivity contribution is 6.12. The molecular weight excluding hydrogens is 444 g/mol. The van der Waals surface area contributed by atoms with E-state index in [9.17, 15) is 29.7 Å². The lowest BCUT2D eigenvalue weighted by Crippen LogP contribution is -2.58. The molecule has 0 saturated heterocycles. The van der Waals surface area contributed by atoms with Gasteiger partial charge < -0.3 is 15.3 Å². The average Bonchev–Trinajstić information content (AvgIpc) is 3.16. The number of Topliss-reactive ketones (excluding diaryl/α,β-unsaturated/α-hetero) is 2. The Morgan fingerprint density at radius 1 is 1.14 bits per heavy atom. The van der Waals surface area contributed by atoms with E-state index in [4.69, 9.17) is 0 Å². The van der Waals surface area contributed by atoms with Crippen molar-refractivity contribution in [3.05, 3.63) is 23.3 Å². The van der Waals surface area contributed by atoms with Crippen molar-refractivity contribution in [2.75, 3.05) is 0 Å². The van der Waals surface area contributed by atoms with Gasteiger partial charge in [-0.25, -0.2) is 0 Å². The first-order valence-electron chi connectivity index (χ1n) is 13.3. The smallest absolute Gasteiger partial charge is 0.310 e. The molecular formula is C29H42O6. The highest BCUT2D eigenvalue weighted by Crippen LogP contribution is 2.65. The molecule has 6 nitrogen and oxygen atoms in total. The number of allylic oxidation sites excluding steroid dienone is 1. The Kier molecular flexibility index (Phi) is 6.72. The molecule has 3 N–H and O–H groups in total. The van der Waals surface area contributed by atoms with E-state index in [1.807, 2.05) is 13.8 Å². The van der Waals surface area contributed by atoms with Crippen molar-refractivity contribution in [3.8, 4) is 0 Å². The second-order valence-corrected chi connectivity index (χ2v) is 12.5. The summed E-state index contributed by atoms with van der Waals surface area (Å²) < 4.78 is 0. The van der Waals surface area contributed by atoms with Crippen LogP contribution >= 0.6 is 0 Å². The summed E-state index contributed by atoms with van der Waals surface area (Å²) in [5.41, 5.74) is 0.709. The monoisotopic (exact) mass is 486 g/mol. The van der Waals surface area contributed by atoms with Crippen LogP contribution in [0.2, 0.25) is 0 Å². The molecule has 194 valence electrons. The lowest BCUT2D eigenvalue weighted by Gasteiger charge is -2.56. The molecule has 10 atom stereocenters. The van der Waals surface area contributed by atoms with Crippen molar-refractivity contribution < 1.29 is 29.7 Å². The zero-order valence-corrected chi connectivity index (χ0v) is 21.8. The Labute approximate surface area is 208 Å². The summed E-state index contributed by atoms with van der Waals surface area (Å²) in [6.45, 7) is 13.8. The molecule has 0 amide bonds. The Balaban J connectivity index is 1.66. The molecule has 0 bridgehead atoms. The summed E-state index contributed by atoms with van der Waals surface area (Å²) in [6, 6.07) is 0. The fourth-order valence-electron chi connectivity index (χ4n) is 8.40. The first-order chi connectivity index (χ1) is 16.3.